The molecule has 1 heterocycles. The Morgan fingerprint density at radius 1 is 1.03 bits per heavy atom. The van der Waals surface area contributed by atoms with Crippen LogP contribution in [0.3, 0.4) is 0 Å². The van der Waals surface area contributed by atoms with Crippen molar-refractivity contribution in [2.45, 2.75) is 25.4 Å². The molecule has 0 bridgehead atoms. The van der Waals surface area contributed by atoms with Gasteiger partial charge in [-0.1, -0.05) is 41.9 Å². The maximum absolute atomic E-state index is 13.5. The first kappa shape index (κ1) is 24.2. The van der Waals surface area contributed by atoms with Gasteiger partial charge in [0.1, 0.15) is 5.70 Å². The van der Waals surface area contributed by atoms with E-state index >= 15 is 0 Å². The number of hydrogen-bond donors (Lipinski definition) is 1. The van der Waals surface area contributed by atoms with Crippen LogP contribution in [0.1, 0.15) is 40.7 Å². The molecule has 11 heteroatoms. The van der Waals surface area contributed by atoms with Crippen molar-refractivity contribution < 1.29 is 27.7 Å². The topological polar surface area (TPSA) is 92.6 Å². The Balaban J connectivity index is 2.04. The van der Waals surface area contributed by atoms with Gasteiger partial charge in [-0.05, 0) is 30.9 Å². The second-order valence-corrected chi connectivity index (χ2v) is 7.72. The summed E-state index contributed by atoms with van der Waals surface area (Å²) in [6.45, 7) is 0.838. The average Bonchev–Trinajstić information content (AvgIpc) is 2.81. The number of piperidine rings is 1. The number of nitrogens with one attached hydrogen (secondary N) is 1. The van der Waals surface area contributed by atoms with Gasteiger partial charge in [0.25, 0.3) is 17.5 Å². The van der Waals surface area contributed by atoms with E-state index in [1.807, 2.05) is 0 Å². The molecule has 1 aliphatic heterocycles. The molecule has 3 rings (SSSR count). The molecule has 1 N–H and O–H groups in total. The molecule has 2 amide bonds. The number of nitro groups is 1. The highest BCUT2D eigenvalue weighted by molar-refractivity contribution is 6.51. The number of halogens is 4. The van der Waals surface area contributed by atoms with Crippen molar-refractivity contribution >= 4 is 34.1 Å². The van der Waals surface area contributed by atoms with Crippen molar-refractivity contribution in [3.8, 4) is 0 Å². The lowest BCUT2D eigenvalue weighted by molar-refractivity contribution is -0.385. The van der Waals surface area contributed by atoms with Crippen LogP contribution in [0.2, 0.25) is 0 Å². The minimum atomic E-state index is -5.04. The SMILES string of the molecule is O=C(N/C(C(=O)N1CCCCC1)=C(\Cl)c1ccccc1)c1ccc([N+](=O)[O-])cc1C(F)(F)F. The number of nitrogens with zero attached hydrogens (tertiary/aromatic N) is 2. The highest BCUT2D eigenvalue weighted by atomic mass is 35.5. The van der Waals surface area contributed by atoms with E-state index in [0.717, 1.165) is 25.3 Å². The highest BCUT2D eigenvalue weighted by Crippen LogP contribution is 2.35. The van der Waals surface area contributed by atoms with E-state index in [-0.39, 0.29) is 16.8 Å². The number of carbonyl (C=O) groups excluding carboxylic acids is 2. The largest absolute Gasteiger partial charge is 0.417 e. The molecule has 0 atom stereocenters. The van der Waals surface area contributed by atoms with E-state index in [1.165, 1.54) is 4.90 Å². The number of amides is 2. The molecule has 174 valence electrons. The molecule has 0 aromatic heterocycles. The molecule has 2 aromatic carbocycles. The van der Waals surface area contributed by atoms with Gasteiger partial charge < -0.3 is 10.2 Å². The van der Waals surface area contributed by atoms with Crippen molar-refractivity contribution in [1.82, 2.24) is 10.2 Å². The van der Waals surface area contributed by atoms with Crippen molar-refractivity contribution in [2.24, 2.45) is 0 Å². The monoisotopic (exact) mass is 481 g/mol. The summed E-state index contributed by atoms with van der Waals surface area (Å²) in [5.41, 5.74) is -3.15. The average molecular weight is 482 g/mol. The zero-order chi connectivity index (χ0) is 24.2. The summed E-state index contributed by atoms with van der Waals surface area (Å²) >= 11 is 6.42. The third-order valence-corrected chi connectivity index (χ3v) is 5.51. The van der Waals surface area contributed by atoms with Crippen LogP contribution < -0.4 is 5.32 Å². The van der Waals surface area contributed by atoms with Crippen LogP contribution in [-0.4, -0.2) is 34.7 Å². The Labute approximate surface area is 192 Å². The van der Waals surface area contributed by atoms with Gasteiger partial charge in [0.2, 0.25) is 0 Å². The van der Waals surface area contributed by atoms with Gasteiger partial charge in [-0.15, -0.1) is 0 Å². The third-order valence-electron chi connectivity index (χ3n) is 5.11. The number of alkyl halides is 3. The lowest BCUT2D eigenvalue weighted by Crippen LogP contribution is -2.41. The van der Waals surface area contributed by atoms with E-state index in [2.05, 4.69) is 5.32 Å². The predicted molar refractivity (Wildman–Crippen MR) is 115 cm³/mol. The van der Waals surface area contributed by atoms with Crippen molar-refractivity contribution in [1.29, 1.82) is 0 Å². The first-order chi connectivity index (χ1) is 15.6. The summed E-state index contributed by atoms with van der Waals surface area (Å²) < 4.78 is 40.6. The fourth-order valence-corrected chi connectivity index (χ4v) is 3.70. The highest BCUT2D eigenvalue weighted by Gasteiger charge is 2.37. The van der Waals surface area contributed by atoms with Crippen LogP contribution in [0, 0.1) is 10.1 Å². The van der Waals surface area contributed by atoms with Crippen LogP contribution >= 0.6 is 11.6 Å². The first-order valence-electron chi connectivity index (χ1n) is 10.0. The van der Waals surface area contributed by atoms with Gasteiger partial charge in [-0.2, -0.15) is 13.2 Å². The van der Waals surface area contributed by atoms with Gasteiger partial charge in [0, 0.05) is 25.2 Å². The van der Waals surface area contributed by atoms with E-state index in [1.54, 1.807) is 30.3 Å². The Kier molecular flexibility index (Phi) is 7.37. The summed E-state index contributed by atoms with van der Waals surface area (Å²) in [5.74, 6) is -1.88. The van der Waals surface area contributed by atoms with Crippen molar-refractivity contribution in [3.63, 3.8) is 0 Å². The van der Waals surface area contributed by atoms with Gasteiger partial charge in [0.15, 0.2) is 0 Å². The van der Waals surface area contributed by atoms with Gasteiger partial charge in [-0.3, -0.25) is 19.7 Å². The fraction of sp³-hybridized carbons (Fsp3) is 0.273. The normalized spacial score (nSPS) is 15.0. The Morgan fingerprint density at radius 2 is 1.67 bits per heavy atom. The number of carbonyl (C=O) groups is 2. The Bertz CT molecular complexity index is 1100. The van der Waals surface area contributed by atoms with Crippen LogP contribution in [0.4, 0.5) is 18.9 Å². The number of benzene rings is 2. The summed E-state index contributed by atoms with van der Waals surface area (Å²) in [6.07, 6.45) is -2.62. The van der Waals surface area contributed by atoms with Crippen LogP contribution in [0.25, 0.3) is 5.03 Å². The lowest BCUT2D eigenvalue weighted by atomic mass is 10.0. The molecular weight excluding hydrogens is 463 g/mol. The van der Waals surface area contributed by atoms with Crippen molar-refractivity contribution in [2.75, 3.05) is 13.1 Å². The number of rotatable bonds is 5. The van der Waals surface area contributed by atoms with Gasteiger partial charge in [0.05, 0.1) is 21.1 Å². The number of hydrogen-bond acceptors (Lipinski definition) is 4. The second kappa shape index (κ2) is 10.0. The summed E-state index contributed by atoms with van der Waals surface area (Å²) in [5, 5.41) is 13.0. The summed E-state index contributed by atoms with van der Waals surface area (Å²) in [6, 6.07) is 9.97. The number of non-ortho nitro benzene ring substituents is 1. The van der Waals surface area contributed by atoms with Crippen LogP contribution in [0.15, 0.2) is 54.2 Å². The molecule has 0 radical (unpaired) electrons. The molecule has 0 spiro atoms. The van der Waals surface area contributed by atoms with Crippen molar-refractivity contribution in [3.05, 3.63) is 81.0 Å². The molecule has 2 aromatic rings. The molecular formula is C22H19ClF3N3O4. The standard InChI is InChI=1S/C22H19ClF3N3O4/c23-18(14-7-3-1-4-8-14)19(21(31)28-11-5-2-6-12-28)27-20(30)16-10-9-15(29(32)33)13-17(16)22(24,25)26/h1,3-4,7-10,13H,2,5-6,11-12H2,(H,27,30)/b19-18-. The van der Waals surface area contributed by atoms with Crippen LogP contribution in [-0.2, 0) is 11.0 Å². The Morgan fingerprint density at radius 3 is 2.24 bits per heavy atom. The van der Waals surface area contributed by atoms with E-state index in [4.69, 9.17) is 11.6 Å². The third kappa shape index (κ3) is 5.70. The van der Waals surface area contributed by atoms with Gasteiger partial charge in [-0.25, -0.2) is 0 Å². The zero-order valence-corrected chi connectivity index (χ0v) is 17.9. The number of likely N-dealkylation sites (tertiary alicyclic amines) is 1. The number of nitro benzene ring substituents is 1. The molecule has 7 nitrogen and oxygen atoms in total. The summed E-state index contributed by atoms with van der Waals surface area (Å²) in [7, 11) is 0. The minimum absolute atomic E-state index is 0.130. The molecule has 0 saturated carbocycles. The van der Waals surface area contributed by atoms with E-state index in [9.17, 15) is 32.9 Å². The van der Waals surface area contributed by atoms with E-state index in [0.29, 0.717) is 24.7 Å². The minimum Gasteiger partial charge on any atom is -0.337 e. The maximum atomic E-state index is 13.5. The summed E-state index contributed by atoms with van der Waals surface area (Å²) in [4.78, 5) is 37.4. The predicted octanol–water partition coefficient (Wildman–Crippen LogP) is 4.96. The smallest absolute Gasteiger partial charge is 0.337 e. The van der Waals surface area contributed by atoms with Gasteiger partial charge >= 0.3 is 6.18 Å². The first-order valence-corrected chi connectivity index (χ1v) is 10.4. The molecule has 33 heavy (non-hydrogen) atoms. The Hall–Kier alpha value is -3.40. The maximum Gasteiger partial charge on any atom is 0.417 e. The van der Waals surface area contributed by atoms with Crippen LogP contribution in [0.5, 0.6) is 0 Å². The molecule has 1 aliphatic rings. The fourth-order valence-electron chi connectivity index (χ4n) is 3.45. The van der Waals surface area contributed by atoms with E-state index < -0.39 is 39.7 Å². The zero-order valence-electron chi connectivity index (χ0n) is 17.2. The second-order valence-electron chi connectivity index (χ2n) is 7.35. The quantitative estimate of drug-likeness (QED) is 0.371. The lowest BCUT2D eigenvalue weighted by Gasteiger charge is -2.28. The molecule has 0 unspecified atom stereocenters. The molecule has 1 saturated heterocycles. The molecule has 1 fully saturated rings. The molecule has 0 aliphatic carbocycles.